The van der Waals surface area contributed by atoms with Crippen LogP contribution in [0.15, 0.2) is 217 Å². The number of anilines is 3. The maximum absolute atomic E-state index is 6.69. The zero-order valence-electron chi connectivity index (χ0n) is 30.6. The first kappa shape index (κ1) is 32.0. The van der Waals surface area contributed by atoms with E-state index in [9.17, 15) is 0 Å². The molecule has 1 aromatic heterocycles. The lowest BCUT2D eigenvalue weighted by Crippen LogP contribution is -2.10. The molecule has 1 heterocycles. The van der Waals surface area contributed by atoms with Crippen molar-refractivity contribution in [2.45, 2.75) is 0 Å². The SMILES string of the molecule is c1cc(-c2ccc(N(c3cccc(-c4cccc5ccccc45)c3)c3cccc4oc5c6ccccc6ccc5c34)cc2)cc(-c2ccc3ccccc3c2)c1. The summed E-state index contributed by atoms with van der Waals surface area (Å²) in [4.78, 5) is 2.39. The van der Waals surface area contributed by atoms with Gasteiger partial charge in [-0.05, 0) is 115 Å². The van der Waals surface area contributed by atoms with Gasteiger partial charge in [-0.2, -0.15) is 0 Å². The highest BCUT2D eigenvalue weighted by Gasteiger charge is 2.21. The van der Waals surface area contributed by atoms with Crippen molar-refractivity contribution in [3.63, 3.8) is 0 Å². The summed E-state index contributed by atoms with van der Waals surface area (Å²) >= 11 is 0. The largest absolute Gasteiger partial charge is 0.455 e. The van der Waals surface area contributed by atoms with Gasteiger partial charge in [-0.1, -0.05) is 158 Å². The Labute approximate surface area is 325 Å². The first-order valence-corrected chi connectivity index (χ1v) is 19.2. The van der Waals surface area contributed by atoms with Crippen molar-refractivity contribution in [1.82, 2.24) is 0 Å². The van der Waals surface area contributed by atoms with E-state index < -0.39 is 0 Å². The lowest BCUT2D eigenvalue weighted by atomic mass is 9.96. The Morgan fingerprint density at radius 3 is 1.79 bits per heavy atom. The molecule has 0 fully saturated rings. The number of fused-ring (bicyclic) bond motifs is 7. The van der Waals surface area contributed by atoms with Crippen molar-refractivity contribution >= 4 is 71.3 Å². The van der Waals surface area contributed by atoms with Gasteiger partial charge in [0.15, 0.2) is 0 Å². The number of nitrogens with zero attached hydrogens (tertiary/aromatic N) is 1. The van der Waals surface area contributed by atoms with Crippen LogP contribution in [0.1, 0.15) is 0 Å². The van der Waals surface area contributed by atoms with Gasteiger partial charge >= 0.3 is 0 Å². The second-order valence-corrected chi connectivity index (χ2v) is 14.5. The molecule has 0 spiro atoms. The van der Waals surface area contributed by atoms with Crippen LogP contribution in [-0.2, 0) is 0 Å². The maximum Gasteiger partial charge on any atom is 0.143 e. The lowest BCUT2D eigenvalue weighted by molar-refractivity contribution is 0.672. The summed E-state index contributed by atoms with van der Waals surface area (Å²) in [5.41, 5.74) is 12.1. The average Bonchev–Trinajstić information content (AvgIpc) is 3.67. The van der Waals surface area contributed by atoms with Gasteiger partial charge in [-0.3, -0.25) is 0 Å². The van der Waals surface area contributed by atoms with Gasteiger partial charge in [-0.15, -0.1) is 0 Å². The normalized spacial score (nSPS) is 11.6. The monoisotopic (exact) mass is 713 g/mol. The number of benzene rings is 10. The molecule has 2 heteroatoms. The minimum absolute atomic E-state index is 0.867. The lowest BCUT2D eigenvalue weighted by Gasteiger charge is -2.27. The van der Waals surface area contributed by atoms with Crippen LogP contribution in [0.5, 0.6) is 0 Å². The second-order valence-electron chi connectivity index (χ2n) is 14.5. The molecule has 0 atom stereocenters. The van der Waals surface area contributed by atoms with Crippen LogP contribution >= 0.6 is 0 Å². The number of rotatable bonds is 6. The molecule has 2 nitrogen and oxygen atoms in total. The van der Waals surface area contributed by atoms with Gasteiger partial charge in [0.2, 0.25) is 0 Å². The summed E-state index contributed by atoms with van der Waals surface area (Å²) in [5, 5.41) is 9.45. The van der Waals surface area contributed by atoms with E-state index in [2.05, 4.69) is 217 Å². The molecule has 10 aromatic carbocycles. The maximum atomic E-state index is 6.69. The van der Waals surface area contributed by atoms with Crippen LogP contribution in [0.4, 0.5) is 17.1 Å². The number of hydrogen-bond acceptors (Lipinski definition) is 2. The fourth-order valence-electron chi connectivity index (χ4n) is 8.49. The predicted molar refractivity (Wildman–Crippen MR) is 237 cm³/mol. The highest BCUT2D eigenvalue weighted by Crippen LogP contribution is 2.45. The molecule has 0 amide bonds. The number of furan rings is 1. The van der Waals surface area contributed by atoms with Crippen LogP contribution in [0, 0.1) is 0 Å². The molecule has 0 aliphatic heterocycles. The van der Waals surface area contributed by atoms with Gasteiger partial charge in [0, 0.05) is 22.1 Å². The Hall–Kier alpha value is -7.42. The van der Waals surface area contributed by atoms with Crippen molar-refractivity contribution in [2.75, 3.05) is 4.90 Å². The third-order valence-corrected chi connectivity index (χ3v) is 11.2. The van der Waals surface area contributed by atoms with Gasteiger partial charge in [0.05, 0.1) is 11.1 Å². The van der Waals surface area contributed by atoms with Crippen LogP contribution in [0.3, 0.4) is 0 Å². The number of hydrogen-bond donors (Lipinski definition) is 0. The third kappa shape index (κ3) is 5.42. The minimum Gasteiger partial charge on any atom is -0.455 e. The molecule has 11 aromatic rings. The van der Waals surface area contributed by atoms with Gasteiger partial charge in [0.25, 0.3) is 0 Å². The molecule has 0 unspecified atom stereocenters. The summed E-state index contributed by atoms with van der Waals surface area (Å²) in [5.74, 6) is 0. The van der Waals surface area contributed by atoms with Gasteiger partial charge < -0.3 is 9.32 Å². The Bertz CT molecular complexity index is 3260. The molecular formula is C54H35NO. The molecule has 11 rings (SSSR count). The molecule has 0 saturated carbocycles. The Kier molecular flexibility index (Phi) is 7.53. The van der Waals surface area contributed by atoms with E-state index in [4.69, 9.17) is 4.42 Å². The van der Waals surface area contributed by atoms with Gasteiger partial charge in [-0.25, -0.2) is 0 Å². The zero-order chi connectivity index (χ0) is 37.0. The fourth-order valence-corrected chi connectivity index (χ4v) is 8.49. The highest BCUT2D eigenvalue weighted by atomic mass is 16.3. The van der Waals surface area contributed by atoms with Crippen LogP contribution in [0.25, 0.3) is 87.6 Å². The quantitative estimate of drug-likeness (QED) is 0.171. The molecular weight excluding hydrogens is 679 g/mol. The van der Waals surface area contributed by atoms with Crippen LogP contribution < -0.4 is 4.90 Å². The Balaban J connectivity index is 1.06. The molecule has 0 aliphatic rings. The molecule has 0 aliphatic carbocycles. The van der Waals surface area contributed by atoms with E-state index >= 15 is 0 Å². The van der Waals surface area contributed by atoms with Crippen molar-refractivity contribution in [3.05, 3.63) is 212 Å². The first-order chi connectivity index (χ1) is 27.7. The summed E-state index contributed by atoms with van der Waals surface area (Å²) in [6.07, 6.45) is 0. The van der Waals surface area contributed by atoms with Crippen molar-refractivity contribution in [1.29, 1.82) is 0 Å². The van der Waals surface area contributed by atoms with E-state index in [1.54, 1.807) is 0 Å². The van der Waals surface area contributed by atoms with E-state index in [1.165, 1.54) is 60.3 Å². The fraction of sp³-hybridized carbons (Fsp3) is 0. The minimum atomic E-state index is 0.867. The zero-order valence-corrected chi connectivity index (χ0v) is 30.6. The topological polar surface area (TPSA) is 16.4 Å². The first-order valence-electron chi connectivity index (χ1n) is 19.2. The highest BCUT2D eigenvalue weighted by molar-refractivity contribution is 6.19. The summed E-state index contributed by atoms with van der Waals surface area (Å²) in [6, 6.07) is 76.5. The van der Waals surface area contributed by atoms with Crippen LogP contribution in [0.2, 0.25) is 0 Å². The molecule has 0 saturated heterocycles. The van der Waals surface area contributed by atoms with Gasteiger partial charge in [0.1, 0.15) is 11.2 Å². The Morgan fingerprint density at radius 1 is 0.321 bits per heavy atom. The van der Waals surface area contributed by atoms with E-state index in [0.717, 1.165) is 44.4 Å². The van der Waals surface area contributed by atoms with Crippen LogP contribution in [-0.4, -0.2) is 0 Å². The molecule has 0 N–H and O–H groups in total. The second kappa shape index (κ2) is 13.2. The van der Waals surface area contributed by atoms with E-state index in [-0.39, 0.29) is 0 Å². The smallest absolute Gasteiger partial charge is 0.143 e. The predicted octanol–water partition coefficient (Wildman–Crippen LogP) is 15.5. The summed E-state index contributed by atoms with van der Waals surface area (Å²) in [6.45, 7) is 0. The van der Waals surface area contributed by atoms with Crippen molar-refractivity contribution in [2.24, 2.45) is 0 Å². The summed E-state index contributed by atoms with van der Waals surface area (Å²) < 4.78 is 6.69. The molecule has 262 valence electrons. The summed E-state index contributed by atoms with van der Waals surface area (Å²) in [7, 11) is 0. The van der Waals surface area contributed by atoms with E-state index in [0.29, 0.717) is 0 Å². The molecule has 0 radical (unpaired) electrons. The molecule has 56 heavy (non-hydrogen) atoms. The Morgan fingerprint density at radius 2 is 0.929 bits per heavy atom. The third-order valence-electron chi connectivity index (χ3n) is 11.2. The molecule has 0 bridgehead atoms. The average molecular weight is 714 g/mol. The standard InChI is InChI=1S/C54H35NO/c1-2-14-40-34-43(26-25-36(40)11-1)42-17-7-16-41(33-42)37-27-30-45(31-28-37)55(46-19-8-18-44(35-46)48-22-9-15-38-12-3-5-20-47(38)48)51-23-10-24-52-53(51)50-32-29-39-13-4-6-21-49(39)54(50)56-52/h1-35H. The van der Waals surface area contributed by atoms with Crippen molar-refractivity contribution < 1.29 is 4.42 Å². The van der Waals surface area contributed by atoms with E-state index in [1.807, 2.05) is 0 Å². The van der Waals surface area contributed by atoms with Crippen molar-refractivity contribution in [3.8, 4) is 33.4 Å².